The normalized spacial score (nSPS) is 11.3. The van der Waals surface area contributed by atoms with Crippen molar-refractivity contribution >= 4 is 50.9 Å². The molecule has 0 saturated carbocycles. The molecule has 1 heterocycles. The van der Waals surface area contributed by atoms with Gasteiger partial charge < -0.3 is 39.3 Å². The van der Waals surface area contributed by atoms with Crippen LogP contribution in [0.1, 0.15) is 56.2 Å². The summed E-state index contributed by atoms with van der Waals surface area (Å²) in [6, 6.07) is 7.23. The third-order valence-corrected chi connectivity index (χ3v) is 7.65. The van der Waals surface area contributed by atoms with Gasteiger partial charge in [-0.05, 0) is 64.9 Å². The Balaban J connectivity index is 1.67. The zero-order chi connectivity index (χ0) is 36.1. The van der Waals surface area contributed by atoms with Crippen molar-refractivity contribution in [2.75, 3.05) is 20.2 Å². The van der Waals surface area contributed by atoms with Crippen LogP contribution in [-0.4, -0.2) is 64.4 Å². The molecule has 4 N–H and O–H groups in total. The van der Waals surface area contributed by atoms with Gasteiger partial charge in [0.1, 0.15) is 17.9 Å². The molecule has 1 amide bonds. The Labute approximate surface area is 290 Å². The van der Waals surface area contributed by atoms with E-state index in [9.17, 15) is 39.3 Å². The number of carbonyl (C=O) groups is 4. The lowest BCUT2D eigenvalue weighted by Crippen LogP contribution is -2.34. The second-order valence-electron chi connectivity index (χ2n) is 11.4. The molecule has 0 aliphatic carbocycles. The highest BCUT2D eigenvalue weighted by Crippen LogP contribution is 2.37. The molecule has 0 radical (unpaired) electrons. The van der Waals surface area contributed by atoms with Crippen molar-refractivity contribution in [3.05, 3.63) is 74.1 Å². The van der Waals surface area contributed by atoms with Gasteiger partial charge in [-0.1, -0.05) is 32.1 Å². The monoisotopic (exact) mass is 746 g/mol. The first-order chi connectivity index (χ1) is 23.3. The number of benzene rings is 2. The number of aliphatic carboxylic acids is 2. The number of halogens is 1. The van der Waals surface area contributed by atoms with Gasteiger partial charge in [0.15, 0.2) is 11.5 Å². The quantitative estimate of drug-likeness (QED) is 0.0427. The molecule has 0 spiro atoms. The summed E-state index contributed by atoms with van der Waals surface area (Å²) >= 11 is 3.21. The van der Waals surface area contributed by atoms with E-state index in [1.165, 1.54) is 19.2 Å². The lowest BCUT2D eigenvalue weighted by Gasteiger charge is -2.20. The van der Waals surface area contributed by atoms with E-state index in [2.05, 4.69) is 47.2 Å². The molecule has 264 valence electrons. The number of fused-ring (bicyclic) bond motifs is 1. The summed E-state index contributed by atoms with van der Waals surface area (Å²) in [6.07, 6.45) is 6.18. The van der Waals surface area contributed by atoms with E-state index in [1.807, 2.05) is 0 Å². The van der Waals surface area contributed by atoms with Crippen molar-refractivity contribution in [1.82, 2.24) is 10.2 Å². The summed E-state index contributed by atoms with van der Waals surface area (Å²) in [4.78, 5) is 61.0. The van der Waals surface area contributed by atoms with Crippen LogP contribution in [0.5, 0.6) is 17.2 Å². The zero-order valence-corrected chi connectivity index (χ0v) is 28.9. The van der Waals surface area contributed by atoms with Gasteiger partial charge in [0.2, 0.25) is 5.91 Å². The first kappa shape index (κ1) is 38.6. The minimum Gasteiger partial charge on any atom is -0.506 e. The summed E-state index contributed by atoms with van der Waals surface area (Å²) in [7, 11) is 1.39. The van der Waals surface area contributed by atoms with Gasteiger partial charge in [-0.15, -0.1) is 0 Å². The molecular formula is C34H39BrN2O12. The van der Waals surface area contributed by atoms with Crippen LogP contribution in [-0.2, 0) is 38.8 Å². The molecular weight excluding hydrogens is 708 g/mol. The number of allylic oxidation sites excluding steroid dienone is 2. The zero-order valence-electron chi connectivity index (χ0n) is 27.3. The standard InChI is InChI=1S/C34H39BrN2O12/c1-20(2)8-6-4-5-7-9-28(38)36-15-21-10-11-26(27(12-21)46-3)48-34(45)47-19-22-13-31(43)49-33-23(22)14-25(35)32(44)24(33)16-37(17-29(39)40)18-30(41)42/h6,8,10-14,20,44H,4-5,7,9,15-19H2,1-3H3,(H,36,38)(H,39,40)(H,41,42)/b8-6+. The molecule has 0 aliphatic rings. The highest BCUT2D eigenvalue weighted by molar-refractivity contribution is 9.10. The largest absolute Gasteiger partial charge is 0.514 e. The number of amides is 1. The summed E-state index contributed by atoms with van der Waals surface area (Å²) in [5, 5.41) is 32.2. The number of phenolic OH excluding ortho intramolecular Hbond substituents is 1. The average Bonchev–Trinajstić information content (AvgIpc) is 3.02. The van der Waals surface area contributed by atoms with Gasteiger partial charge >= 0.3 is 23.7 Å². The van der Waals surface area contributed by atoms with Gasteiger partial charge in [-0.25, -0.2) is 9.59 Å². The average molecular weight is 748 g/mol. The van der Waals surface area contributed by atoms with Crippen molar-refractivity contribution in [3.63, 3.8) is 0 Å². The van der Waals surface area contributed by atoms with Crippen molar-refractivity contribution in [2.45, 2.75) is 59.2 Å². The number of nitrogens with one attached hydrogen (secondary N) is 1. The number of hydrogen-bond donors (Lipinski definition) is 4. The number of methoxy groups -OCH3 is 1. The molecule has 49 heavy (non-hydrogen) atoms. The van der Waals surface area contributed by atoms with Crippen LogP contribution < -0.4 is 20.4 Å². The summed E-state index contributed by atoms with van der Waals surface area (Å²) in [6.45, 7) is 2.26. The third kappa shape index (κ3) is 12.3. The minimum absolute atomic E-state index is 0.0429. The van der Waals surface area contributed by atoms with Crippen LogP contribution >= 0.6 is 15.9 Å². The number of carbonyl (C=O) groups excluding carboxylic acids is 2. The number of carboxylic acids is 2. The third-order valence-electron chi connectivity index (χ3n) is 7.04. The molecule has 0 atom stereocenters. The van der Waals surface area contributed by atoms with Crippen LogP contribution in [0.15, 0.2) is 56.2 Å². The van der Waals surface area contributed by atoms with Crippen molar-refractivity contribution in [3.8, 4) is 17.2 Å². The highest BCUT2D eigenvalue weighted by atomic mass is 79.9. The van der Waals surface area contributed by atoms with Gasteiger partial charge in [-0.2, -0.15) is 0 Å². The van der Waals surface area contributed by atoms with E-state index < -0.39 is 55.7 Å². The number of nitrogens with zero attached hydrogens (tertiary/aromatic N) is 1. The Kier molecular flexibility index (Phi) is 14.6. The van der Waals surface area contributed by atoms with Crippen LogP contribution in [0.3, 0.4) is 0 Å². The van der Waals surface area contributed by atoms with E-state index in [-0.39, 0.29) is 50.5 Å². The molecule has 2 aromatic carbocycles. The Hall–Kier alpha value is -4.89. The maximum atomic E-state index is 12.7. The Morgan fingerprint density at radius 3 is 2.41 bits per heavy atom. The van der Waals surface area contributed by atoms with E-state index in [0.717, 1.165) is 30.2 Å². The molecule has 0 saturated heterocycles. The van der Waals surface area contributed by atoms with Gasteiger partial charge in [0.25, 0.3) is 0 Å². The topological polar surface area (TPSA) is 202 Å². The second kappa shape index (κ2) is 18.6. The molecule has 15 heteroatoms. The van der Waals surface area contributed by atoms with Gasteiger partial charge in [0, 0.05) is 36.5 Å². The molecule has 0 bridgehead atoms. The second-order valence-corrected chi connectivity index (χ2v) is 12.3. The van der Waals surface area contributed by atoms with Crippen LogP contribution in [0, 0.1) is 5.92 Å². The molecule has 0 aliphatic heterocycles. The van der Waals surface area contributed by atoms with Gasteiger partial charge in [-0.3, -0.25) is 19.3 Å². The molecule has 14 nitrogen and oxygen atoms in total. The van der Waals surface area contributed by atoms with Crippen molar-refractivity contribution in [2.24, 2.45) is 5.92 Å². The summed E-state index contributed by atoms with van der Waals surface area (Å²) < 4.78 is 21.4. The first-order valence-corrected chi connectivity index (χ1v) is 16.1. The smallest absolute Gasteiger partial charge is 0.506 e. The Bertz CT molecular complexity index is 1740. The van der Waals surface area contributed by atoms with E-state index in [4.69, 9.17) is 18.6 Å². The minimum atomic E-state index is -1.31. The molecule has 0 fully saturated rings. The molecule has 3 aromatic rings. The van der Waals surface area contributed by atoms with E-state index >= 15 is 0 Å². The number of rotatable bonds is 18. The fraction of sp³-hybridized carbons (Fsp3) is 0.382. The summed E-state index contributed by atoms with van der Waals surface area (Å²) in [5.74, 6) is -2.33. The van der Waals surface area contributed by atoms with E-state index in [0.29, 0.717) is 17.9 Å². The van der Waals surface area contributed by atoms with Crippen LogP contribution in [0.2, 0.25) is 0 Å². The van der Waals surface area contributed by atoms with Crippen molar-refractivity contribution in [1.29, 1.82) is 0 Å². The highest BCUT2D eigenvalue weighted by Gasteiger charge is 2.23. The van der Waals surface area contributed by atoms with E-state index in [1.54, 1.807) is 12.1 Å². The Morgan fingerprint density at radius 1 is 1.04 bits per heavy atom. The lowest BCUT2D eigenvalue weighted by molar-refractivity contribution is -0.142. The fourth-order valence-electron chi connectivity index (χ4n) is 4.79. The number of phenols is 1. The van der Waals surface area contributed by atoms with Crippen LogP contribution in [0.4, 0.5) is 4.79 Å². The lowest BCUT2D eigenvalue weighted by atomic mass is 10.0. The molecule has 1 aromatic heterocycles. The predicted octanol–water partition coefficient (Wildman–Crippen LogP) is 5.35. The summed E-state index contributed by atoms with van der Waals surface area (Å²) in [5.41, 5.74) is -0.192. The Morgan fingerprint density at radius 2 is 1.76 bits per heavy atom. The molecule has 3 rings (SSSR count). The number of ether oxygens (including phenoxy) is 3. The molecule has 0 unspecified atom stereocenters. The maximum Gasteiger partial charge on any atom is 0.514 e. The SMILES string of the molecule is COc1cc(CNC(=O)CCCC/C=C/C(C)C)ccc1OC(=O)OCc1cc(=O)oc2c(CN(CC(=O)O)CC(=O)O)c(O)c(Br)cc12. The number of aromatic hydroxyl groups is 1. The number of hydrogen-bond acceptors (Lipinski definition) is 11. The number of unbranched alkanes of at least 4 members (excludes halogenated alkanes) is 2. The fourth-order valence-corrected chi connectivity index (χ4v) is 5.26. The van der Waals surface area contributed by atoms with Crippen molar-refractivity contribution < 1.29 is 53.1 Å². The van der Waals surface area contributed by atoms with Crippen LogP contribution in [0.25, 0.3) is 11.0 Å². The maximum absolute atomic E-state index is 12.7. The van der Waals surface area contributed by atoms with Gasteiger partial charge in [0.05, 0.1) is 30.2 Å². The number of carboxylic acid groups (broad SMARTS) is 2. The predicted molar refractivity (Wildman–Crippen MR) is 180 cm³/mol. The first-order valence-electron chi connectivity index (χ1n) is 15.3.